The minimum atomic E-state index is 0. The lowest BCUT2D eigenvalue weighted by Crippen LogP contribution is -2.46. The van der Waals surface area contributed by atoms with Gasteiger partial charge in [0.1, 0.15) is 12.0 Å². The number of nitrogens with one attached hydrogen (secondary N) is 1. The number of aliphatic imine (C=N–C) groups is 1. The highest BCUT2D eigenvalue weighted by Gasteiger charge is 2.23. The SMILES string of the molecule is CN=C(NCc1ccon1)N1CCC(OCC2CCCC2)CC1.I. The van der Waals surface area contributed by atoms with Crippen LogP contribution in [-0.2, 0) is 11.3 Å². The molecule has 0 atom stereocenters. The molecule has 0 amide bonds. The molecule has 2 heterocycles. The van der Waals surface area contributed by atoms with Gasteiger partial charge in [-0.2, -0.15) is 0 Å². The molecule has 0 unspecified atom stereocenters. The summed E-state index contributed by atoms with van der Waals surface area (Å²) in [4.78, 5) is 6.68. The van der Waals surface area contributed by atoms with Gasteiger partial charge in [0.2, 0.25) is 0 Å². The molecule has 2 aliphatic rings. The Bertz CT molecular complexity index is 481. The Kier molecular flexibility index (Phi) is 8.31. The van der Waals surface area contributed by atoms with E-state index in [1.807, 2.05) is 13.1 Å². The highest BCUT2D eigenvalue weighted by molar-refractivity contribution is 14.0. The van der Waals surface area contributed by atoms with E-state index in [1.165, 1.54) is 25.7 Å². The van der Waals surface area contributed by atoms with Gasteiger partial charge in [-0.3, -0.25) is 4.99 Å². The summed E-state index contributed by atoms with van der Waals surface area (Å²) < 4.78 is 11.0. The Morgan fingerprint density at radius 3 is 2.71 bits per heavy atom. The van der Waals surface area contributed by atoms with Crippen LogP contribution in [0.2, 0.25) is 0 Å². The van der Waals surface area contributed by atoms with Crippen molar-refractivity contribution in [1.29, 1.82) is 0 Å². The zero-order valence-corrected chi connectivity index (χ0v) is 16.8. The van der Waals surface area contributed by atoms with Crippen molar-refractivity contribution in [3.8, 4) is 0 Å². The number of rotatable bonds is 5. The lowest BCUT2D eigenvalue weighted by molar-refractivity contribution is 0.00100. The summed E-state index contributed by atoms with van der Waals surface area (Å²) in [6, 6.07) is 1.86. The van der Waals surface area contributed by atoms with E-state index in [-0.39, 0.29) is 24.0 Å². The van der Waals surface area contributed by atoms with Crippen LogP contribution in [0.25, 0.3) is 0 Å². The second-order valence-electron chi connectivity index (χ2n) is 6.56. The molecular weight excluding hydrogens is 419 g/mol. The van der Waals surface area contributed by atoms with E-state index in [0.717, 1.165) is 50.1 Å². The van der Waals surface area contributed by atoms with Gasteiger partial charge in [-0.25, -0.2) is 0 Å². The van der Waals surface area contributed by atoms with E-state index >= 15 is 0 Å². The van der Waals surface area contributed by atoms with E-state index in [2.05, 4.69) is 20.4 Å². The van der Waals surface area contributed by atoms with Crippen LogP contribution in [0.1, 0.15) is 44.2 Å². The standard InChI is InChI=1S/C17H28N4O2.HI/c1-18-17(19-12-15-8-11-23-20-15)21-9-6-16(7-10-21)22-13-14-4-2-3-5-14;/h8,11,14,16H,2-7,9-10,12-13H2,1H3,(H,18,19);1H. The summed E-state index contributed by atoms with van der Waals surface area (Å²) in [6.07, 6.45) is 9.66. The fourth-order valence-corrected chi connectivity index (χ4v) is 3.51. The van der Waals surface area contributed by atoms with Crippen LogP contribution in [0.5, 0.6) is 0 Å². The van der Waals surface area contributed by atoms with Crippen molar-refractivity contribution >= 4 is 29.9 Å². The van der Waals surface area contributed by atoms with Gasteiger partial charge in [0.15, 0.2) is 5.96 Å². The van der Waals surface area contributed by atoms with E-state index in [0.29, 0.717) is 12.6 Å². The molecule has 7 heteroatoms. The summed E-state index contributed by atoms with van der Waals surface area (Å²) in [5, 5.41) is 7.26. The maximum absolute atomic E-state index is 6.14. The lowest BCUT2D eigenvalue weighted by Gasteiger charge is -2.34. The first-order valence-electron chi connectivity index (χ1n) is 8.81. The highest BCUT2D eigenvalue weighted by Crippen LogP contribution is 2.26. The fourth-order valence-electron chi connectivity index (χ4n) is 3.51. The molecule has 6 nitrogen and oxygen atoms in total. The smallest absolute Gasteiger partial charge is 0.193 e. The van der Waals surface area contributed by atoms with Crippen LogP contribution in [0.4, 0.5) is 0 Å². The van der Waals surface area contributed by atoms with Crippen molar-refractivity contribution in [3.05, 3.63) is 18.0 Å². The molecule has 2 fully saturated rings. The van der Waals surface area contributed by atoms with Crippen LogP contribution in [0.15, 0.2) is 21.8 Å². The molecule has 1 saturated heterocycles. The van der Waals surface area contributed by atoms with Crippen molar-refractivity contribution in [1.82, 2.24) is 15.4 Å². The Balaban J connectivity index is 0.00000208. The van der Waals surface area contributed by atoms with Crippen molar-refractivity contribution < 1.29 is 9.26 Å². The maximum atomic E-state index is 6.14. The molecule has 1 N–H and O–H groups in total. The van der Waals surface area contributed by atoms with Crippen LogP contribution >= 0.6 is 24.0 Å². The van der Waals surface area contributed by atoms with E-state index in [1.54, 1.807) is 6.26 Å². The molecule has 24 heavy (non-hydrogen) atoms. The molecule has 1 aromatic heterocycles. The van der Waals surface area contributed by atoms with Gasteiger partial charge in [-0.15, -0.1) is 24.0 Å². The first-order chi connectivity index (χ1) is 11.3. The minimum Gasteiger partial charge on any atom is -0.378 e. The summed E-state index contributed by atoms with van der Waals surface area (Å²) in [6.45, 7) is 3.59. The largest absolute Gasteiger partial charge is 0.378 e. The topological polar surface area (TPSA) is 62.9 Å². The number of piperidine rings is 1. The number of guanidine groups is 1. The monoisotopic (exact) mass is 448 g/mol. The molecule has 1 aliphatic heterocycles. The third-order valence-electron chi connectivity index (χ3n) is 4.91. The fraction of sp³-hybridized carbons (Fsp3) is 0.765. The van der Waals surface area contributed by atoms with Gasteiger partial charge in [0.25, 0.3) is 0 Å². The average Bonchev–Trinajstić information content (AvgIpc) is 3.28. The second kappa shape index (κ2) is 10.2. The minimum absolute atomic E-state index is 0. The van der Waals surface area contributed by atoms with Gasteiger partial charge in [0.05, 0.1) is 12.6 Å². The predicted molar refractivity (Wildman–Crippen MR) is 105 cm³/mol. The Morgan fingerprint density at radius 1 is 1.33 bits per heavy atom. The zero-order valence-electron chi connectivity index (χ0n) is 14.4. The molecule has 0 radical (unpaired) electrons. The number of halogens is 1. The molecular formula is C17H29IN4O2. The maximum Gasteiger partial charge on any atom is 0.193 e. The predicted octanol–water partition coefficient (Wildman–Crippen LogP) is 3.04. The van der Waals surface area contributed by atoms with Crippen LogP contribution in [0, 0.1) is 5.92 Å². The van der Waals surface area contributed by atoms with Gasteiger partial charge < -0.3 is 19.5 Å². The van der Waals surface area contributed by atoms with Crippen molar-refractivity contribution in [2.45, 2.75) is 51.2 Å². The summed E-state index contributed by atoms with van der Waals surface area (Å²) >= 11 is 0. The molecule has 0 aromatic carbocycles. The first kappa shape index (κ1) is 19.5. The normalized spacial score (nSPS) is 20.2. The summed E-state index contributed by atoms with van der Waals surface area (Å²) in [7, 11) is 1.83. The summed E-state index contributed by atoms with van der Waals surface area (Å²) in [5.41, 5.74) is 0.890. The molecule has 136 valence electrons. The lowest BCUT2D eigenvalue weighted by atomic mass is 10.1. The molecule has 0 bridgehead atoms. The molecule has 3 rings (SSSR count). The number of ether oxygens (including phenoxy) is 1. The third-order valence-corrected chi connectivity index (χ3v) is 4.91. The average molecular weight is 448 g/mol. The molecule has 0 spiro atoms. The van der Waals surface area contributed by atoms with E-state index in [4.69, 9.17) is 9.26 Å². The number of hydrogen-bond acceptors (Lipinski definition) is 4. The van der Waals surface area contributed by atoms with Crippen molar-refractivity contribution in [2.24, 2.45) is 10.9 Å². The molecule has 1 aliphatic carbocycles. The Morgan fingerprint density at radius 2 is 2.08 bits per heavy atom. The highest BCUT2D eigenvalue weighted by atomic mass is 127. The molecule has 1 aromatic rings. The van der Waals surface area contributed by atoms with Crippen LogP contribution < -0.4 is 5.32 Å². The van der Waals surface area contributed by atoms with Gasteiger partial charge in [-0.05, 0) is 31.6 Å². The van der Waals surface area contributed by atoms with Crippen LogP contribution in [-0.4, -0.2) is 48.9 Å². The van der Waals surface area contributed by atoms with Gasteiger partial charge >= 0.3 is 0 Å². The number of likely N-dealkylation sites (tertiary alicyclic amines) is 1. The summed E-state index contributed by atoms with van der Waals surface area (Å²) in [5.74, 6) is 1.74. The van der Waals surface area contributed by atoms with E-state index < -0.39 is 0 Å². The van der Waals surface area contributed by atoms with Gasteiger partial charge in [0, 0.05) is 32.8 Å². The zero-order chi connectivity index (χ0) is 15.9. The van der Waals surface area contributed by atoms with Crippen molar-refractivity contribution in [2.75, 3.05) is 26.7 Å². The third kappa shape index (κ3) is 5.61. The number of nitrogens with zero attached hydrogens (tertiary/aromatic N) is 3. The Labute approximate surface area is 161 Å². The van der Waals surface area contributed by atoms with Gasteiger partial charge in [-0.1, -0.05) is 18.0 Å². The number of aromatic nitrogens is 1. The van der Waals surface area contributed by atoms with Crippen LogP contribution in [0.3, 0.4) is 0 Å². The second-order valence-corrected chi connectivity index (χ2v) is 6.56. The van der Waals surface area contributed by atoms with E-state index in [9.17, 15) is 0 Å². The Hall–Kier alpha value is -0.830. The number of hydrogen-bond donors (Lipinski definition) is 1. The quantitative estimate of drug-likeness (QED) is 0.426. The van der Waals surface area contributed by atoms with Crippen molar-refractivity contribution in [3.63, 3.8) is 0 Å². The molecule has 1 saturated carbocycles. The first-order valence-corrected chi connectivity index (χ1v) is 8.81.